The van der Waals surface area contributed by atoms with Gasteiger partial charge in [0.15, 0.2) is 0 Å². The van der Waals surface area contributed by atoms with Gasteiger partial charge in [-0.15, -0.1) is 11.8 Å². The lowest BCUT2D eigenvalue weighted by Crippen LogP contribution is -2.30. The SMILES string of the molecule is CC1CCCCC1C(Cn1ccnc1)Sc1ccc(Cl)cc1Cl. The highest BCUT2D eigenvalue weighted by atomic mass is 35.5. The average Bonchev–Trinajstić information content (AvgIpc) is 3.03. The molecule has 3 atom stereocenters. The summed E-state index contributed by atoms with van der Waals surface area (Å²) in [6, 6.07) is 5.81. The quantitative estimate of drug-likeness (QED) is 0.586. The van der Waals surface area contributed by atoms with Gasteiger partial charge in [0, 0.05) is 34.1 Å². The monoisotopic (exact) mass is 368 g/mol. The van der Waals surface area contributed by atoms with Crippen molar-refractivity contribution in [2.24, 2.45) is 11.8 Å². The molecule has 0 N–H and O–H groups in total. The van der Waals surface area contributed by atoms with Crippen molar-refractivity contribution in [1.82, 2.24) is 9.55 Å². The van der Waals surface area contributed by atoms with Gasteiger partial charge in [-0.25, -0.2) is 4.98 Å². The lowest BCUT2D eigenvalue weighted by Gasteiger charge is -2.35. The normalized spacial score (nSPS) is 22.9. The summed E-state index contributed by atoms with van der Waals surface area (Å²) in [6.45, 7) is 3.37. The first-order chi connectivity index (χ1) is 11.1. The number of halogens is 2. The fraction of sp³-hybridized carbons (Fsp3) is 0.500. The zero-order valence-corrected chi connectivity index (χ0v) is 15.6. The number of nitrogens with zero attached hydrogens (tertiary/aromatic N) is 2. The molecular formula is C18H22Cl2N2S. The lowest BCUT2D eigenvalue weighted by atomic mass is 9.78. The summed E-state index contributed by atoms with van der Waals surface area (Å²) in [6.07, 6.45) is 11.1. The van der Waals surface area contributed by atoms with E-state index in [1.165, 1.54) is 25.7 Å². The second-order valence-corrected chi connectivity index (χ2v) is 8.54. The minimum Gasteiger partial charge on any atom is -0.336 e. The van der Waals surface area contributed by atoms with Gasteiger partial charge in [-0.3, -0.25) is 0 Å². The molecule has 0 spiro atoms. The zero-order chi connectivity index (χ0) is 16.2. The number of imidazole rings is 1. The third-order valence-electron chi connectivity index (χ3n) is 4.78. The van der Waals surface area contributed by atoms with Crippen molar-refractivity contribution < 1.29 is 0 Å². The maximum atomic E-state index is 6.41. The number of hydrogen-bond donors (Lipinski definition) is 0. The molecule has 0 amide bonds. The molecule has 0 saturated heterocycles. The fourth-order valence-electron chi connectivity index (χ4n) is 3.49. The summed E-state index contributed by atoms with van der Waals surface area (Å²) in [5.41, 5.74) is 0. The number of rotatable bonds is 5. The van der Waals surface area contributed by atoms with Crippen LogP contribution in [0.2, 0.25) is 10.0 Å². The van der Waals surface area contributed by atoms with Gasteiger partial charge >= 0.3 is 0 Å². The Hall–Kier alpha value is -0.640. The van der Waals surface area contributed by atoms with E-state index in [1.807, 2.05) is 48.7 Å². The molecule has 3 rings (SSSR count). The van der Waals surface area contributed by atoms with Crippen LogP contribution in [0.25, 0.3) is 0 Å². The Balaban J connectivity index is 1.81. The van der Waals surface area contributed by atoms with Crippen molar-refractivity contribution in [2.45, 2.75) is 49.3 Å². The lowest BCUT2D eigenvalue weighted by molar-refractivity contribution is 0.240. The highest BCUT2D eigenvalue weighted by Crippen LogP contribution is 2.42. The van der Waals surface area contributed by atoms with Crippen LogP contribution in [-0.2, 0) is 6.54 Å². The molecule has 124 valence electrons. The molecule has 5 heteroatoms. The molecular weight excluding hydrogens is 347 g/mol. The Morgan fingerprint density at radius 3 is 2.83 bits per heavy atom. The van der Waals surface area contributed by atoms with Crippen molar-refractivity contribution in [1.29, 1.82) is 0 Å². The van der Waals surface area contributed by atoms with Crippen molar-refractivity contribution in [3.05, 3.63) is 47.0 Å². The molecule has 0 radical (unpaired) electrons. The fourth-order valence-corrected chi connectivity index (χ4v) is 5.51. The average molecular weight is 369 g/mol. The van der Waals surface area contributed by atoms with Crippen LogP contribution in [0.3, 0.4) is 0 Å². The van der Waals surface area contributed by atoms with Crippen molar-refractivity contribution in [2.75, 3.05) is 0 Å². The minimum atomic E-state index is 0.498. The van der Waals surface area contributed by atoms with E-state index in [1.54, 1.807) is 0 Å². The van der Waals surface area contributed by atoms with Crippen LogP contribution in [0.5, 0.6) is 0 Å². The van der Waals surface area contributed by atoms with Crippen LogP contribution in [-0.4, -0.2) is 14.8 Å². The highest BCUT2D eigenvalue weighted by molar-refractivity contribution is 8.00. The Bertz CT molecular complexity index is 630. The third-order valence-corrected chi connectivity index (χ3v) is 6.85. The molecule has 2 nitrogen and oxygen atoms in total. The number of benzene rings is 1. The van der Waals surface area contributed by atoms with Gasteiger partial charge in [0.1, 0.15) is 0 Å². The topological polar surface area (TPSA) is 17.8 Å². The van der Waals surface area contributed by atoms with Gasteiger partial charge in [-0.05, 0) is 36.5 Å². The van der Waals surface area contributed by atoms with Gasteiger partial charge in [0.25, 0.3) is 0 Å². The van der Waals surface area contributed by atoms with Crippen molar-refractivity contribution >= 4 is 35.0 Å². The summed E-state index contributed by atoms with van der Waals surface area (Å²) in [7, 11) is 0. The molecule has 0 aliphatic heterocycles. The van der Waals surface area contributed by atoms with E-state index in [0.29, 0.717) is 16.2 Å². The highest BCUT2D eigenvalue weighted by Gasteiger charge is 2.30. The van der Waals surface area contributed by atoms with E-state index < -0.39 is 0 Å². The summed E-state index contributed by atoms with van der Waals surface area (Å²) in [5, 5.41) is 1.94. The van der Waals surface area contributed by atoms with Crippen LogP contribution in [0, 0.1) is 11.8 Å². The maximum Gasteiger partial charge on any atom is 0.0946 e. The molecule has 3 unspecified atom stereocenters. The van der Waals surface area contributed by atoms with E-state index >= 15 is 0 Å². The minimum absolute atomic E-state index is 0.498. The van der Waals surface area contributed by atoms with Crippen LogP contribution in [0.15, 0.2) is 41.8 Å². The molecule has 1 heterocycles. The standard InChI is InChI=1S/C18H22Cl2N2S/c1-13-4-2-3-5-15(13)18(11-22-9-8-21-12-22)23-17-7-6-14(19)10-16(17)20/h6-10,12-13,15,18H,2-5,11H2,1H3. The summed E-state index contributed by atoms with van der Waals surface area (Å²) in [4.78, 5) is 5.31. The predicted molar refractivity (Wildman–Crippen MR) is 99.5 cm³/mol. The van der Waals surface area contributed by atoms with Crippen LogP contribution in [0.1, 0.15) is 32.6 Å². The van der Waals surface area contributed by atoms with Crippen molar-refractivity contribution in [3.8, 4) is 0 Å². The molecule has 1 aromatic heterocycles. The maximum absolute atomic E-state index is 6.41. The molecule has 1 fully saturated rings. The Labute approximate surface area is 152 Å². The van der Waals surface area contributed by atoms with Crippen LogP contribution < -0.4 is 0 Å². The molecule has 23 heavy (non-hydrogen) atoms. The first-order valence-electron chi connectivity index (χ1n) is 8.21. The van der Waals surface area contributed by atoms with Gasteiger partial charge in [0.05, 0.1) is 11.3 Å². The number of thioether (sulfide) groups is 1. The van der Waals surface area contributed by atoms with E-state index in [-0.39, 0.29) is 0 Å². The van der Waals surface area contributed by atoms with E-state index in [2.05, 4.69) is 16.5 Å². The largest absolute Gasteiger partial charge is 0.336 e. The van der Waals surface area contributed by atoms with Gasteiger partial charge < -0.3 is 4.57 Å². The van der Waals surface area contributed by atoms with Gasteiger partial charge in [-0.1, -0.05) is 49.4 Å². The zero-order valence-electron chi connectivity index (χ0n) is 13.3. The van der Waals surface area contributed by atoms with Crippen LogP contribution in [0.4, 0.5) is 0 Å². The number of aromatic nitrogens is 2. The first-order valence-corrected chi connectivity index (χ1v) is 9.84. The molecule has 1 saturated carbocycles. The molecule has 1 aliphatic rings. The molecule has 2 aromatic rings. The predicted octanol–water partition coefficient (Wildman–Crippen LogP) is 6.18. The van der Waals surface area contributed by atoms with E-state index in [0.717, 1.165) is 22.4 Å². The van der Waals surface area contributed by atoms with Crippen LogP contribution >= 0.6 is 35.0 Å². The summed E-state index contributed by atoms with van der Waals surface area (Å²) in [5.74, 6) is 1.47. The summed E-state index contributed by atoms with van der Waals surface area (Å²) >= 11 is 14.3. The van der Waals surface area contributed by atoms with Gasteiger partial charge in [-0.2, -0.15) is 0 Å². The summed E-state index contributed by atoms with van der Waals surface area (Å²) < 4.78 is 2.18. The molecule has 0 bridgehead atoms. The second-order valence-electron chi connectivity index (χ2n) is 6.42. The third kappa shape index (κ3) is 4.46. The molecule has 1 aromatic carbocycles. The first kappa shape index (κ1) is 17.2. The van der Waals surface area contributed by atoms with E-state index in [4.69, 9.17) is 23.2 Å². The Kier molecular flexibility index (Phi) is 5.95. The van der Waals surface area contributed by atoms with Crippen molar-refractivity contribution in [3.63, 3.8) is 0 Å². The smallest absolute Gasteiger partial charge is 0.0946 e. The second kappa shape index (κ2) is 7.96. The van der Waals surface area contributed by atoms with Gasteiger partial charge in [0.2, 0.25) is 0 Å². The van der Waals surface area contributed by atoms with E-state index in [9.17, 15) is 0 Å². The Morgan fingerprint density at radius 2 is 2.13 bits per heavy atom. The Morgan fingerprint density at radius 1 is 1.30 bits per heavy atom. The molecule has 1 aliphatic carbocycles. The number of hydrogen-bond acceptors (Lipinski definition) is 2.